The summed E-state index contributed by atoms with van der Waals surface area (Å²) in [4.78, 5) is 29.1. The minimum absolute atomic E-state index is 0.0661. The van der Waals surface area contributed by atoms with Crippen LogP contribution in [0.2, 0.25) is 0 Å². The lowest BCUT2D eigenvalue weighted by atomic mass is 9.92. The van der Waals surface area contributed by atoms with Gasteiger partial charge in [-0.05, 0) is 49.8 Å². The van der Waals surface area contributed by atoms with Crippen molar-refractivity contribution in [1.29, 1.82) is 0 Å². The molecular formula is C23H33N3O4S. The van der Waals surface area contributed by atoms with Gasteiger partial charge in [0, 0.05) is 42.6 Å². The third-order valence-corrected chi connectivity index (χ3v) is 7.61. The molecule has 1 spiro atoms. The second kappa shape index (κ2) is 8.20. The number of hydrogen-bond donors (Lipinski definition) is 1. The van der Waals surface area contributed by atoms with Crippen molar-refractivity contribution in [1.82, 2.24) is 9.62 Å². The number of hydrogen-bond acceptors (Lipinski definition) is 4. The monoisotopic (exact) mass is 447 g/mol. The number of sulfonamides is 1. The van der Waals surface area contributed by atoms with Gasteiger partial charge in [0.2, 0.25) is 21.8 Å². The molecule has 1 N–H and O–H groups in total. The summed E-state index contributed by atoms with van der Waals surface area (Å²) >= 11 is 0. The van der Waals surface area contributed by atoms with E-state index in [0.717, 1.165) is 43.5 Å². The number of nitrogens with zero attached hydrogens (tertiary/aromatic N) is 2. The molecule has 0 aromatic heterocycles. The van der Waals surface area contributed by atoms with Crippen LogP contribution in [0.1, 0.15) is 51.5 Å². The smallest absolute Gasteiger partial charge is 0.226 e. The fourth-order valence-corrected chi connectivity index (χ4v) is 6.05. The molecular weight excluding hydrogens is 414 g/mol. The summed E-state index contributed by atoms with van der Waals surface area (Å²) in [5.41, 5.74) is 1.75. The van der Waals surface area contributed by atoms with Crippen molar-refractivity contribution < 1.29 is 18.0 Å². The van der Waals surface area contributed by atoms with Crippen molar-refractivity contribution >= 4 is 27.5 Å². The third kappa shape index (κ3) is 4.65. The van der Waals surface area contributed by atoms with Gasteiger partial charge in [0.25, 0.3) is 0 Å². The molecule has 1 aromatic carbocycles. The molecule has 3 aliphatic rings. The van der Waals surface area contributed by atoms with Crippen LogP contribution in [-0.2, 0) is 26.0 Å². The van der Waals surface area contributed by atoms with Crippen LogP contribution >= 0.6 is 0 Å². The maximum absolute atomic E-state index is 13.0. The Morgan fingerprint density at radius 1 is 1.26 bits per heavy atom. The molecule has 170 valence electrons. The highest BCUT2D eigenvalue weighted by Gasteiger charge is 2.61. The molecule has 8 heteroatoms. The van der Waals surface area contributed by atoms with Gasteiger partial charge in [0.1, 0.15) is 0 Å². The van der Waals surface area contributed by atoms with E-state index in [4.69, 9.17) is 0 Å². The van der Waals surface area contributed by atoms with Crippen LogP contribution in [0.15, 0.2) is 24.3 Å². The van der Waals surface area contributed by atoms with Crippen LogP contribution in [0, 0.1) is 11.3 Å². The van der Waals surface area contributed by atoms with E-state index in [1.807, 2.05) is 47.9 Å². The quantitative estimate of drug-likeness (QED) is 0.725. The Balaban J connectivity index is 1.63. The average Bonchev–Trinajstić information content (AvgIpc) is 3.43. The number of rotatable bonds is 6. The Morgan fingerprint density at radius 3 is 2.61 bits per heavy atom. The van der Waals surface area contributed by atoms with E-state index in [0.29, 0.717) is 19.4 Å². The molecule has 1 aliphatic carbocycles. The number of benzene rings is 1. The zero-order chi connectivity index (χ0) is 22.4. The molecule has 2 saturated heterocycles. The Hall–Kier alpha value is -1.93. The molecule has 2 amide bonds. The van der Waals surface area contributed by atoms with Crippen molar-refractivity contribution in [2.75, 3.05) is 24.2 Å². The van der Waals surface area contributed by atoms with Gasteiger partial charge in [-0.15, -0.1) is 0 Å². The Labute approximate surface area is 185 Å². The standard InChI is InChI=1S/C23H33N3O4S/c1-16(2)22(28)26-15-23(10-11-23)21(24-31(3,29)30)19(26)14-17-7-6-8-18(13-17)25-12-5-4-9-20(25)27/h6-8,13,16,19,21,24H,4-5,9-12,14-15H2,1-3H3. The second-order valence-electron chi connectivity index (χ2n) is 9.79. The topological polar surface area (TPSA) is 86.8 Å². The lowest BCUT2D eigenvalue weighted by molar-refractivity contribution is -0.135. The Morgan fingerprint density at radius 2 is 2.00 bits per heavy atom. The predicted octanol–water partition coefficient (Wildman–Crippen LogP) is 2.31. The van der Waals surface area contributed by atoms with Crippen molar-refractivity contribution in [3.63, 3.8) is 0 Å². The first-order chi connectivity index (χ1) is 14.6. The van der Waals surface area contributed by atoms with E-state index >= 15 is 0 Å². The van der Waals surface area contributed by atoms with Crippen LogP contribution in [-0.4, -0.2) is 56.6 Å². The summed E-state index contributed by atoms with van der Waals surface area (Å²) in [5, 5.41) is 0. The fraction of sp³-hybridized carbons (Fsp3) is 0.652. The highest BCUT2D eigenvalue weighted by molar-refractivity contribution is 7.88. The van der Waals surface area contributed by atoms with Crippen molar-refractivity contribution in [2.45, 2.75) is 64.5 Å². The van der Waals surface area contributed by atoms with Gasteiger partial charge < -0.3 is 9.80 Å². The van der Waals surface area contributed by atoms with E-state index in [-0.39, 0.29) is 35.2 Å². The van der Waals surface area contributed by atoms with Crippen molar-refractivity contribution in [2.24, 2.45) is 11.3 Å². The van der Waals surface area contributed by atoms with Gasteiger partial charge in [-0.25, -0.2) is 13.1 Å². The molecule has 0 bridgehead atoms. The lowest BCUT2D eigenvalue weighted by Crippen LogP contribution is -2.50. The predicted molar refractivity (Wildman–Crippen MR) is 120 cm³/mol. The zero-order valence-electron chi connectivity index (χ0n) is 18.6. The van der Waals surface area contributed by atoms with E-state index in [1.54, 1.807) is 0 Å². The number of carbonyl (C=O) groups is 2. The average molecular weight is 448 g/mol. The molecule has 3 fully saturated rings. The molecule has 31 heavy (non-hydrogen) atoms. The van der Waals surface area contributed by atoms with Gasteiger partial charge in [0.05, 0.1) is 12.3 Å². The highest BCUT2D eigenvalue weighted by atomic mass is 32.2. The molecule has 2 atom stereocenters. The van der Waals surface area contributed by atoms with E-state index < -0.39 is 10.0 Å². The van der Waals surface area contributed by atoms with Crippen LogP contribution in [0.4, 0.5) is 5.69 Å². The maximum Gasteiger partial charge on any atom is 0.226 e. The number of likely N-dealkylation sites (tertiary alicyclic amines) is 1. The molecule has 4 rings (SSSR count). The summed E-state index contributed by atoms with van der Waals surface area (Å²) in [6.07, 6.45) is 6.12. The summed E-state index contributed by atoms with van der Waals surface area (Å²) in [5.74, 6) is 0.0680. The van der Waals surface area contributed by atoms with Crippen molar-refractivity contribution in [3.8, 4) is 0 Å². The first-order valence-corrected chi connectivity index (χ1v) is 13.2. The minimum atomic E-state index is -3.41. The Kier molecular flexibility index (Phi) is 5.89. The second-order valence-corrected chi connectivity index (χ2v) is 11.6. The summed E-state index contributed by atoms with van der Waals surface area (Å²) in [6, 6.07) is 7.40. The van der Waals surface area contributed by atoms with E-state index in [9.17, 15) is 18.0 Å². The molecule has 0 radical (unpaired) electrons. The Bertz CT molecular complexity index is 971. The summed E-state index contributed by atoms with van der Waals surface area (Å²) in [7, 11) is -3.41. The highest BCUT2D eigenvalue weighted by Crippen LogP contribution is 2.55. The van der Waals surface area contributed by atoms with Gasteiger partial charge in [-0.1, -0.05) is 26.0 Å². The number of anilines is 1. The number of nitrogens with one attached hydrogen (secondary N) is 1. The SMILES string of the molecule is CC(C)C(=O)N1CC2(CC2)C(NS(C)(=O)=O)C1Cc1cccc(N2CCCCC2=O)c1. The van der Waals surface area contributed by atoms with E-state index in [2.05, 4.69) is 4.72 Å². The van der Waals surface area contributed by atoms with Gasteiger partial charge in [0.15, 0.2) is 0 Å². The van der Waals surface area contributed by atoms with Gasteiger partial charge in [-0.2, -0.15) is 0 Å². The molecule has 1 aromatic rings. The van der Waals surface area contributed by atoms with Crippen LogP contribution in [0.3, 0.4) is 0 Å². The molecule has 2 heterocycles. The normalized spacial score (nSPS) is 25.5. The number of piperidine rings is 1. The molecule has 2 aliphatic heterocycles. The van der Waals surface area contributed by atoms with Crippen LogP contribution in [0.5, 0.6) is 0 Å². The molecule has 7 nitrogen and oxygen atoms in total. The third-order valence-electron chi connectivity index (χ3n) is 6.93. The summed E-state index contributed by atoms with van der Waals surface area (Å²) < 4.78 is 27.2. The number of amides is 2. The van der Waals surface area contributed by atoms with Gasteiger partial charge >= 0.3 is 0 Å². The lowest BCUT2D eigenvalue weighted by Gasteiger charge is -2.31. The first-order valence-electron chi connectivity index (χ1n) is 11.3. The molecule has 2 unspecified atom stereocenters. The summed E-state index contributed by atoms with van der Waals surface area (Å²) in [6.45, 7) is 5.11. The first kappa shape index (κ1) is 22.3. The van der Waals surface area contributed by atoms with Crippen molar-refractivity contribution in [3.05, 3.63) is 29.8 Å². The zero-order valence-corrected chi connectivity index (χ0v) is 19.5. The van der Waals surface area contributed by atoms with Crippen LogP contribution in [0.25, 0.3) is 0 Å². The van der Waals surface area contributed by atoms with E-state index in [1.165, 1.54) is 6.26 Å². The van der Waals surface area contributed by atoms with Crippen LogP contribution < -0.4 is 9.62 Å². The fourth-order valence-electron chi connectivity index (χ4n) is 5.18. The maximum atomic E-state index is 13.0. The number of carbonyl (C=O) groups excluding carboxylic acids is 2. The molecule has 1 saturated carbocycles. The largest absolute Gasteiger partial charge is 0.337 e. The minimum Gasteiger partial charge on any atom is -0.337 e. The van der Waals surface area contributed by atoms with Gasteiger partial charge in [-0.3, -0.25) is 9.59 Å².